The Morgan fingerprint density at radius 3 is 2.29 bits per heavy atom. The van der Waals surface area contributed by atoms with Gasteiger partial charge in [-0.1, -0.05) is 29.8 Å². The standard InChI is InChI=1S/C15H11BrN2O.Cl3OP/c1-9-2-4-10(5-3-9)13-7-14-12(15(19)18-13)6-11(16)8-17-14;1-5(2,3)4/h2-8H,1H3,(H,18,19);. The van der Waals surface area contributed by atoms with Crippen molar-refractivity contribution in [3.8, 4) is 11.3 Å². The number of nitrogens with one attached hydrogen (secondary N) is 1. The number of nitrogens with zero attached hydrogens (tertiary/aromatic N) is 1. The highest BCUT2D eigenvalue weighted by Crippen LogP contribution is 2.61. The lowest BCUT2D eigenvalue weighted by Gasteiger charge is -2.04. The third kappa shape index (κ3) is 5.91. The van der Waals surface area contributed by atoms with E-state index >= 15 is 0 Å². The van der Waals surface area contributed by atoms with Crippen molar-refractivity contribution >= 4 is 65.8 Å². The third-order valence-corrected chi connectivity index (χ3v) is 3.46. The number of hydrogen-bond acceptors (Lipinski definition) is 3. The summed E-state index contributed by atoms with van der Waals surface area (Å²) in [6, 6.07) is 11.7. The van der Waals surface area contributed by atoms with Gasteiger partial charge in [0.2, 0.25) is 0 Å². The van der Waals surface area contributed by atoms with Crippen molar-refractivity contribution < 1.29 is 4.57 Å². The predicted octanol–water partition coefficient (Wildman–Crippen LogP) is 6.47. The maximum Gasteiger partial charge on any atom is 0.339 e. The number of hydrogen-bond donors (Lipinski definition) is 1. The second kappa shape index (κ2) is 8.03. The number of aromatic nitrogens is 2. The van der Waals surface area contributed by atoms with E-state index < -0.39 is 5.20 Å². The molecule has 0 radical (unpaired) electrons. The topological polar surface area (TPSA) is 62.8 Å². The summed E-state index contributed by atoms with van der Waals surface area (Å²) in [6.07, 6.45) is 1.70. The molecule has 3 aromatic rings. The van der Waals surface area contributed by atoms with Gasteiger partial charge in [-0.05, 0) is 74.3 Å². The number of aryl methyl sites for hydroxylation is 1. The number of fused-ring (bicyclic) bond motifs is 1. The van der Waals surface area contributed by atoms with E-state index in [-0.39, 0.29) is 5.56 Å². The summed E-state index contributed by atoms with van der Waals surface area (Å²) in [5, 5.41) is -2.63. The van der Waals surface area contributed by atoms with Crippen molar-refractivity contribution in [3.63, 3.8) is 0 Å². The van der Waals surface area contributed by atoms with E-state index in [1.807, 2.05) is 37.3 Å². The zero-order valence-corrected chi connectivity index (χ0v) is 17.0. The lowest BCUT2D eigenvalue weighted by atomic mass is 10.1. The highest BCUT2D eigenvalue weighted by atomic mass is 79.9. The molecule has 0 fully saturated rings. The molecule has 0 spiro atoms. The maximum absolute atomic E-state index is 12.1. The monoisotopic (exact) mass is 466 g/mol. The smallest absolute Gasteiger partial charge is 0.321 e. The quantitative estimate of drug-likeness (QED) is 0.416. The summed E-state index contributed by atoms with van der Waals surface area (Å²) in [7, 11) is 0. The Bertz CT molecular complexity index is 962. The van der Waals surface area contributed by atoms with Crippen molar-refractivity contribution in [1.29, 1.82) is 0 Å². The van der Waals surface area contributed by atoms with Gasteiger partial charge in [-0.2, -0.15) is 0 Å². The van der Waals surface area contributed by atoms with Gasteiger partial charge in [0.15, 0.2) is 0 Å². The molecule has 0 aliphatic rings. The molecule has 2 aromatic heterocycles. The lowest BCUT2D eigenvalue weighted by molar-refractivity contribution is 0.600. The normalized spacial score (nSPS) is 11.0. The number of pyridine rings is 2. The Morgan fingerprint density at radius 2 is 1.71 bits per heavy atom. The summed E-state index contributed by atoms with van der Waals surface area (Å²) in [5.74, 6) is 0. The predicted molar refractivity (Wildman–Crippen MR) is 105 cm³/mol. The zero-order chi connectivity index (χ0) is 17.9. The van der Waals surface area contributed by atoms with Crippen molar-refractivity contribution in [2.45, 2.75) is 6.92 Å². The largest absolute Gasteiger partial charge is 0.339 e. The zero-order valence-electron chi connectivity index (χ0n) is 12.3. The van der Waals surface area contributed by atoms with Crippen molar-refractivity contribution in [2.24, 2.45) is 0 Å². The molecule has 0 aliphatic heterocycles. The summed E-state index contributed by atoms with van der Waals surface area (Å²) in [5.41, 5.74) is 3.53. The number of benzene rings is 1. The molecule has 0 saturated heterocycles. The Morgan fingerprint density at radius 1 is 1.12 bits per heavy atom. The molecule has 0 amide bonds. The first-order valence-corrected chi connectivity index (χ1v) is 11.8. The highest BCUT2D eigenvalue weighted by Gasteiger charge is 2.05. The second-order valence-corrected chi connectivity index (χ2v) is 12.4. The minimum absolute atomic E-state index is 0.123. The van der Waals surface area contributed by atoms with Crippen LogP contribution in [0.3, 0.4) is 0 Å². The molecule has 2 heterocycles. The van der Waals surface area contributed by atoms with Gasteiger partial charge in [0.25, 0.3) is 5.56 Å². The van der Waals surface area contributed by atoms with Crippen LogP contribution in [0, 0.1) is 6.92 Å². The van der Waals surface area contributed by atoms with E-state index in [1.165, 1.54) is 5.56 Å². The molecule has 0 bridgehead atoms. The minimum atomic E-state index is -3.22. The molecule has 0 unspecified atom stereocenters. The van der Waals surface area contributed by atoms with E-state index in [4.69, 9.17) is 0 Å². The fourth-order valence-corrected chi connectivity index (χ4v) is 2.33. The SMILES string of the molecule is Cc1ccc(-c2cc3ncc(Br)cc3c(=O)[nH]2)cc1.O=P(Cl)(Cl)Cl. The molecule has 126 valence electrons. The van der Waals surface area contributed by atoms with E-state index in [2.05, 4.69) is 59.6 Å². The molecule has 9 heteroatoms. The van der Waals surface area contributed by atoms with Gasteiger partial charge in [0.05, 0.1) is 16.6 Å². The number of aromatic amines is 1. The van der Waals surface area contributed by atoms with Gasteiger partial charge < -0.3 is 4.98 Å². The van der Waals surface area contributed by atoms with Gasteiger partial charge in [-0.3, -0.25) is 14.3 Å². The van der Waals surface area contributed by atoms with Crippen LogP contribution in [0.15, 0.2) is 51.9 Å². The molecule has 0 atom stereocenters. The van der Waals surface area contributed by atoms with E-state index in [0.29, 0.717) is 10.9 Å². The Hall–Kier alpha value is -0.840. The van der Waals surface area contributed by atoms with Crippen LogP contribution in [0.5, 0.6) is 0 Å². The molecule has 4 nitrogen and oxygen atoms in total. The summed E-state index contributed by atoms with van der Waals surface area (Å²) >= 11 is 17.2. The maximum atomic E-state index is 12.1. The van der Waals surface area contributed by atoms with Crippen molar-refractivity contribution in [2.75, 3.05) is 0 Å². The van der Waals surface area contributed by atoms with Gasteiger partial charge >= 0.3 is 5.20 Å². The summed E-state index contributed by atoms with van der Waals surface area (Å²) in [6.45, 7) is 2.03. The number of rotatable bonds is 1. The van der Waals surface area contributed by atoms with Crippen LogP contribution in [-0.4, -0.2) is 9.97 Å². The molecule has 1 aromatic carbocycles. The Balaban J connectivity index is 0.000000368. The molecule has 0 saturated carbocycles. The molecule has 0 aliphatic carbocycles. The average Bonchev–Trinajstić information content (AvgIpc) is 2.47. The molecule has 24 heavy (non-hydrogen) atoms. The Labute approximate surface area is 161 Å². The summed E-state index contributed by atoms with van der Waals surface area (Å²) in [4.78, 5) is 19.3. The van der Waals surface area contributed by atoms with Crippen LogP contribution >= 0.6 is 54.9 Å². The molecular weight excluding hydrogens is 457 g/mol. The van der Waals surface area contributed by atoms with Gasteiger partial charge in [-0.15, -0.1) is 0 Å². The molecule has 3 rings (SSSR count). The first kappa shape index (κ1) is 19.5. The Kier molecular flexibility index (Phi) is 6.52. The first-order chi connectivity index (χ1) is 11.1. The van der Waals surface area contributed by atoms with Gasteiger partial charge in [0, 0.05) is 10.7 Å². The minimum Gasteiger partial charge on any atom is -0.321 e. The van der Waals surface area contributed by atoms with Gasteiger partial charge in [0.1, 0.15) is 0 Å². The fourth-order valence-electron chi connectivity index (χ4n) is 2.00. The van der Waals surface area contributed by atoms with Crippen LogP contribution in [0.4, 0.5) is 0 Å². The number of halogens is 4. The summed E-state index contributed by atoms with van der Waals surface area (Å²) < 4.78 is 10.3. The van der Waals surface area contributed by atoms with Crippen LogP contribution in [-0.2, 0) is 4.57 Å². The number of H-pyrrole nitrogens is 1. The third-order valence-electron chi connectivity index (χ3n) is 3.02. The van der Waals surface area contributed by atoms with Crippen molar-refractivity contribution in [1.82, 2.24) is 9.97 Å². The van der Waals surface area contributed by atoms with Crippen LogP contribution in [0.2, 0.25) is 0 Å². The highest BCUT2D eigenvalue weighted by molar-refractivity contribution is 9.10. The molecule has 1 N–H and O–H groups in total. The lowest BCUT2D eigenvalue weighted by Crippen LogP contribution is -2.07. The van der Waals surface area contributed by atoms with E-state index in [9.17, 15) is 9.36 Å². The van der Waals surface area contributed by atoms with Crippen LogP contribution < -0.4 is 5.56 Å². The molecular formula is C15H11BrCl3N2O2P. The van der Waals surface area contributed by atoms with E-state index in [0.717, 1.165) is 15.7 Å². The van der Waals surface area contributed by atoms with Gasteiger partial charge in [-0.25, -0.2) is 0 Å². The van der Waals surface area contributed by atoms with Crippen molar-refractivity contribution in [3.05, 3.63) is 63.0 Å². The first-order valence-electron chi connectivity index (χ1n) is 6.58. The average molecular weight is 469 g/mol. The van der Waals surface area contributed by atoms with Crippen LogP contribution in [0.25, 0.3) is 22.2 Å². The van der Waals surface area contributed by atoms with E-state index in [1.54, 1.807) is 12.3 Å². The van der Waals surface area contributed by atoms with Crippen LogP contribution in [0.1, 0.15) is 5.56 Å². The second-order valence-electron chi connectivity index (χ2n) is 4.86. The fraction of sp³-hybridized carbons (Fsp3) is 0.0667.